The minimum absolute atomic E-state index is 0.173. The van der Waals surface area contributed by atoms with Crippen molar-refractivity contribution in [3.05, 3.63) is 88.6 Å². The number of nitrogens with zero attached hydrogens (tertiary/aromatic N) is 3. The number of hydrogen-bond acceptors (Lipinski definition) is 6. The fraction of sp³-hybridized carbons (Fsp3) is 0.286. The van der Waals surface area contributed by atoms with Crippen molar-refractivity contribution in [2.24, 2.45) is 0 Å². The molecule has 0 bridgehead atoms. The number of carboxylic acids is 1. The van der Waals surface area contributed by atoms with Gasteiger partial charge in [-0.3, -0.25) is 14.8 Å². The molecule has 3 heterocycles. The van der Waals surface area contributed by atoms with Crippen molar-refractivity contribution < 1.29 is 24.0 Å². The van der Waals surface area contributed by atoms with Gasteiger partial charge in [0.1, 0.15) is 5.76 Å². The zero-order chi connectivity index (χ0) is 26.9. The molecule has 37 heavy (non-hydrogen) atoms. The maximum Gasteiger partial charge on any atom is 0.358 e. The molecule has 0 fully saturated rings. The summed E-state index contributed by atoms with van der Waals surface area (Å²) in [6, 6.07) is 8.04. The number of fused-ring (bicyclic) bond motifs is 1. The number of carbonyl (C=O) groups excluding carboxylic acids is 1. The Morgan fingerprint density at radius 1 is 1.22 bits per heavy atom. The van der Waals surface area contributed by atoms with Gasteiger partial charge < -0.3 is 14.4 Å². The van der Waals surface area contributed by atoms with E-state index in [1.54, 1.807) is 36.3 Å². The van der Waals surface area contributed by atoms with Crippen LogP contribution in [0.3, 0.4) is 0 Å². The van der Waals surface area contributed by atoms with E-state index in [1.165, 1.54) is 6.07 Å². The molecule has 1 aromatic carbocycles. The summed E-state index contributed by atoms with van der Waals surface area (Å²) in [6.45, 7) is 10.1. The molecule has 0 saturated heterocycles. The molecule has 0 aliphatic carbocycles. The van der Waals surface area contributed by atoms with Gasteiger partial charge in [-0.1, -0.05) is 44.2 Å². The summed E-state index contributed by atoms with van der Waals surface area (Å²) in [6.07, 6.45) is 7.60. The van der Waals surface area contributed by atoms with Crippen molar-refractivity contribution in [1.82, 2.24) is 15.4 Å². The number of carbonyl (C=O) groups is 2. The van der Waals surface area contributed by atoms with Crippen molar-refractivity contribution >= 4 is 17.6 Å². The lowest BCUT2D eigenvalue weighted by molar-refractivity contribution is 0.0685. The van der Waals surface area contributed by atoms with E-state index in [1.807, 2.05) is 38.2 Å². The van der Waals surface area contributed by atoms with Gasteiger partial charge in [-0.25, -0.2) is 4.79 Å². The van der Waals surface area contributed by atoms with Crippen molar-refractivity contribution in [3.8, 4) is 11.3 Å². The molecule has 0 saturated carbocycles. The van der Waals surface area contributed by atoms with Gasteiger partial charge in [0, 0.05) is 34.0 Å². The van der Waals surface area contributed by atoms with Crippen LogP contribution in [-0.2, 0) is 10.2 Å². The van der Waals surface area contributed by atoms with Crippen LogP contribution < -0.4 is 4.90 Å². The molecule has 0 radical (unpaired) electrons. The molecule has 4 rings (SSSR count). The van der Waals surface area contributed by atoms with Crippen LogP contribution in [0.25, 0.3) is 11.3 Å². The largest absolute Gasteiger partial charge is 0.497 e. The molecule has 1 amide bonds. The van der Waals surface area contributed by atoms with Crippen LogP contribution in [0.2, 0.25) is 0 Å². The second kappa shape index (κ2) is 9.93. The number of allylic oxidation sites excluding steroid dienone is 4. The summed E-state index contributed by atoms with van der Waals surface area (Å²) >= 11 is 0. The number of aromatic amines is 1. The molecular formula is C28H30N4O5. The quantitative estimate of drug-likeness (QED) is 0.309. The zero-order valence-electron chi connectivity index (χ0n) is 21.7. The normalized spacial score (nSPS) is 16.5. The highest BCUT2D eigenvalue weighted by Gasteiger charge is 2.45. The summed E-state index contributed by atoms with van der Waals surface area (Å²) in [5.74, 6) is -0.419. The van der Waals surface area contributed by atoms with Crippen LogP contribution in [-0.4, -0.2) is 39.4 Å². The van der Waals surface area contributed by atoms with E-state index in [-0.39, 0.29) is 17.0 Å². The fourth-order valence-corrected chi connectivity index (χ4v) is 4.44. The summed E-state index contributed by atoms with van der Waals surface area (Å²) in [5, 5.41) is 20.2. The molecule has 3 aromatic rings. The number of rotatable bonds is 7. The van der Waals surface area contributed by atoms with E-state index >= 15 is 0 Å². The van der Waals surface area contributed by atoms with Crippen LogP contribution in [0.1, 0.15) is 72.9 Å². The Labute approximate surface area is 215 Å². The van der Waals surface area contributed by atoms with Crippen molar-refractivity contribution in [2.75, 3.05) is 12.0 Å². The first-order valence-electron chi connectivity index (χ1n) is 11.8. The van der Waals surface area contributed by atoms with E-state index in [2.05, 4.69) is 36.1 Å². The van der Waals surface area contributed by atoms with Crippen LogP contribution in [0.4, 0.5) is 5.69 Å². The van der Waals surface area contributed by atoms with Gasteiger partial charge in [-0.2, -0.15) is 5.10 Å². The molecule has 192 valence electrons. The Morgan fingerprint density at radius 2 is 1.92 bits per heavy atom. The maximum absolute atomic E-state index is 13.7. The van der Waals surface area contributed by atoms with E-state index in [4.69, 9.17) is 14.4 Å². The third-order valence-corrected chi connectivity index (χ3v) is 6.24. The number of methoxy groups -OCH3 is 1. The molecule has 1 aliphatic heterocycles. The SMILES string of the molecule is C\C=C/C=C\C(OC)=C(/C)C1c2c(n[nH]c2C(C)(C)C)C(=O)N1c1ccc(-c2cc(C(=O)O)no2)cc1. The molecular weight excluding hydrogens is 472 g/mol. The Hall–Kier alpha value is -4.40. The monoisotopic (exact) mass is 502 g/mol. The standard InChI is InChI=1S/C28H30N4O5/c1-7-8-9-10-20(36-6)16(2)24-22-23(29-30-25(22)28(3,4)5)26(33)32(24)18-13-11-17(12-14-18)21-15-19(27(34)35)31-37-21/h7-15,24H,1-6H3,(H,29,30)(H,34,35)/b8-7-,10-9-,20-16-. The predicted octanol–water partition coefficient (Wildman–Crippen LogP) is 5.81. The van der Waals surface area contributed by atoms with Gasteiger partial charge in [0.05, 0.1) is 13.2 Å². The molecule has 1 unspecified atom stereocenters. The minimum atomic E-state index is -1.17. The van der Waals surface area contributed by atoms with Gasteiger partial charge >= 0.3 is 5.97 Å². The van der Waals surface area contributed by atoms with Gasteiger partial charge in [-0.15, -0.1) is 0 Å². The summed E-state index contributed by atoms with van der Waals surface area (Å²) in [5.41, 5.74) is 3.79. The molecule has 9 nitrogen and oxygen atoms in total. The van der Waals surface area contributed by atoms with Crippen molar-refractivity contribution in [3.63, 3.8) is 0 Å². The topological polar surface area (TPSA) is 122 Å². The maximum atomic E-state index is 13.7. The Morgan fingerprint density at radius 3 is 2.49 bits per heavy atom. The number of nitrogens with one attached hydrogen (secondary N) is 1. The van der Waals surface area contributed by atoms with Crippen LogP contribution in [0.15, 0.2) is 70.5 Å². The number of ether oxygens (including phenoxy) is 1. The summed E-state index contributed by atoms with van der Waals surface area (Å²) in [4.78, 5) is 26.6. The first kappa shape index (κ1) is 25.7. The average molecular weight is 503 g/mol. The third kappa shape index (κ3) is 4.72. The lowest BCUT2D eigenvalue weighted by atomic mass is 9.85. The highest BCUT2D eigenvalue weighted by atomic mass is 16.5. The number of carboxylic acid groups (broad SMARTS) is 1. The molecule has 1 aliphatic rings. The van der Waals surface area contributed by atoms with E-state index < -0.39 is 12.0 Å². The fourth-order valence-electron chi connectivity index (χ4n) is 4.44. The highest BCUT2D eigenvalue weighted by molar-refractivity contribution is 6.10. The van der Waals surface area contributed by atoms with Crippen LogP contribution >= 0.6 is 0 Å². The average Bonchev–Trinajstić information content (AvgIpc) is 3.57. The first-order valence-corrected chi connectivity index (χ1v) is 11.8. The number of aromatic carboxylic acids is 1. The second-order valence-electron chi connectivity index (χ2n) is 9.75. The second-order valence-corrected chi connectivity index (χ2v) is 9.75. The van der Waals surface area contributed by atoms with E-state index in [0.717, 1.165) is 16.8 Å². The Kier molecular flexibility index (Phi) is 6.89. The lowest BCUT2D eigenvalue weighted by Crippen LogP contribution is -2.30. The number of anilines is 1. The molecule has 9 heteroatoms. The number of benzene rings is 1. The van der Waals surface area contributed by atoms with Crippen molar-refractivity contribution in [2.45, 2.75) is 46.1 Å². The Bertz CT molecular complexity index is 1420. The molecule has 2 aromatic heterocycles. The first-order chi connectivity index (χ1) is 17.6. The summed E-state index contributed by atoms with van der Waals surface area (Å²) in [7, 11) is 1.61. The lowest BCUT2D eigenvalue weighted by Gasteiger charge is -2.29. The molecule has 0 spiro atoms. The third-order valence-electron chi connectivity index (χ3n) is 6.24. The van der Waals surface area contributed by atoms with E-state index in [0.29, 0.717) is 28.5 Å². The summed E-state index contributed by atoms with van der Waals surface area (Å²) < 4.78 is 10.9. The van der Waals surface area contributed by atoms with E-state index in [9.17, 15) is 9.59 Å². The van der Waals surface area contributed by atoms with Crippen LogP contribution in [0, 0.1) is 0 Å². The number of aromatic nitrogens is 3. The van der Waals surface area contributed by atoms with Gasteiger partial charge in [0.15, 0.2) is 17.1 Å². The Balaban J connectivity index is 1.83. The van der Waals surface area contributed by atoms with Gasteiger partial charge in [-0.05, 0) is 49.8 Å². The van der Waals surface area contributed by atoms with Crippen LogP contribution in [0.5, 0.6) is 0 Å². The number of amides is 1. The molecule has 2 N–H and O–H groups in total. The number of hydrogen-bond donors (Lipinski definition) is 2. The smallest absolute Gasteiger partial charge is 0.358 e. The van der Waals surface area contributed by atoms with Gasteiger partial charge in [0.2, 0.25) is 0 Å². The van der Waals surface area contributed by atoms with Crippen molar-refractivity contribution in [1.29, 1.82) is 0 Å². The van der Waals surface area contributed by atoms with Gasteiger partial charge in [0.25, 0.3) is 5.91 Å². The molecule has 1 atom stereocenters. The highest BCUT2D eigenvalue weighted by Crippen LogP contribution is 2.46. The predicted molar refractivity (Wildman–Crippen MR) is 139 cm³/mol. The minimum Gasteiger partial charge on any atom is -0.497 e. The zero-order valence-corrected chi connectivity index (χ0v) is 21.7. The number of H-pyrrole nitrogens is 1.